The molecule has 3 N–H and O–H groups in total. The van der Waals surface area contributed by atoms with Crippen LogP contribution in [0.4, 0.5) is 0 Å². The molecule has 0 saturated heterocycles. The van der Waals surface area contributed by atoms with Crippen LogP contribution in [0, 0.1) is 5.41 Å². The summed E-state index contributed by atoms with van der Waals surface area (Å²) in [5, 5.41) is 0. The quantitative estimate of drug-likeness (QED) is 0.494. The number of nitrogens with one attached hydrogen (secondary N) is 1. The van der Waals surface area contributed by atoms with Gasteiger partial charge in [0.15, 0.2) is 0 Å². The van der Waals surface area contributed by atoms with Crippen LogP contribution in [-0.2, 0) is 0 Å². The van der Waals surface area contributed by atoms with Crippen molar-refractivity contribution < 1.29 is 0 Å². The van der Waals surface area contributed by atoms with Crippen molar-refractivity contribution in [3.63, 3.8) is 0 Å². The molecule has 2 nitrogen and oxygen atoms in total. The normalized spacial score (nSPS) is 14.5. The molecule has 0 aromatic rings. The minimum atomic E-state index is 0.432. The van der Waals surface area contributed by atoms with Crippen molar-refractivity contribution in [2.75, 3.05) is 0 Å². The van der Waals surface area contributed by atoms with Gasteiger partial charge >= 0.3 is 0 Å². The summed E-state index contributed by atoms with van der Waals surface area (Å²) in [6.45, 7) is 9.05. The molecule has 0 rings (SSSR count). The molecule has 0 spiro atoms. The lowest BCUT2D eigenvalue weighted by Gasteiger charge is -2.22. The number of rotatable bonds is 6. The van der Waals surface area contributed by atoms with Gasteiger partial charge in [-0.1, -0.05) is 40.5 Å². The average Bonchev–Trinajstić information content (AvgIpc) is 2.03. The molecular weight excluding hydrogens is 160 g/mol. The predicted molar refractivity (Wildman–Crippen MR) is 59.3 cm³/mol. The topological polar surface area (TPSA) is 38.0 Å². The summed E-state index contributed by atoms with van der Waals surface area (Å²) in [6.07, 6.45) is 6.18. The third-order valence-electron chi connectivity index (χ3n) is 2.38. The second-order valence-electron chi connectivity index (χ2n) is 5.11. The largest absolute Gasteiger partial charge is 0.271 e. The summed E-state index contributed by atoms with van der Waals surface area (Å²) in [5.41, 5.74) is 3.34. The van der Waals surface area contributed by atoms with Crippen LogP contribution in [0.2, 0.25) is 0 Å². The third-order valence-corrected chi connectivity index (χ3v) is 2.38. The lowest BCUT2D eigenvalue weighted by Crippen LogP contribution is -2.35. The van der Waals surface area contributed by atoms with E-state index in [-0.39, 0.29) is 0 Å². The second-order valence-corrected chi connectivity index (χ2v) is 5.11. The predicted octanol–water partition coefficient (Wildman–Crippen LogP) is 2.83. The Labute approximate surface area is 83.2 Å². The Morgan fingerprint density at radius 1 is 1.23 bits per heavy atom. The van der Waals surface area contributed by atoms with E-state index in [0.717, 1.165) is 0 Å². The highest BCUT2D eigenvalue weighted by Gasteiger charge is 2.13. The van der Waals surface area contributed by atoms with Crippen molar-refractivity contribution in [1.82, 2.24) is 5.43 Å². The Bertz CT molecular complexity index is 116. The first-order chi connectivity index (χ1) is 5.99. The monoisotopic (exact) mass is 186 g/mol. The maximum atomic E-state index is 5.49. The highest BCUT2D eigenvalue weighted by Crippen LogP contribution is 2.22. The lowest BCUT2D eigenvalue weighted by molar-refractivity contribution is 0.321. The standard InChI is InChI=1S/C11H26N2/c1-5-6-7-10(13-12)8-9-11(2,3)4/h10,13H,5-9,12H2,1-4H3. The van der Waals surface area contributed by atoms with E-state index < -0.39 is 0 Å². The Hall–Kier alpha value is -0.0800. The van der Waals surface area contributed by atoms with E-state index in [1.54, 1.807) is 0 Å². The minimum absolute atomic E-state index is 0.432. The molecule has 80 valence electrons. The van der Waals surface area contributed by atoms with Crippen molar-refractivity contribution in [1.29, 1.82) is 0 Å². The zero-order chi connectivity index (χ0) is 10.3. The fourth-order valence-corrected chi connectivity index (χ4v) is 1.37. The van der Waals surface area contributed by atoms with Gasteiger partial charge in [0, 0.05) is 6.04 Å². The van der Waals surface area contributed by atoms with Crippen LogP contribution in [0.5, 0.6) is 0 Å². The van der Waals surface area contributed by atoms with Gasteiger partial charge in [-0.2, -0.15) is 0 Å². The number of hydrogen-bond acceptors (Lipinski definition) is 2. The molecule has 0 aromatic carbocycles. The Morgan fingerprint density at radius 2 is 1.85 bits per heavy atom. The summed E-state index contributed by atoms with van der Waals surface area (Å²) < 4.78 is 0. The van der Waals surface area contributed by atoms with Crippen molar-refractivity contribution in [2.45, 2.75) is 65.8 Å². The van der Waals surface area contributed by atoms with Crippen LogP contribution in [0.3, 0.4) is 0 Å². The van der Waals surface area contributed by atoms with E-state index in [1.165, 1.54) is 32.1 Å². The average molecular weight is 186 g/mol. The SMILES string of the molecule is CCCCC(CCC(C)(C)C)NN. The van der Waals surface area contributed by atoms with Crippen LogP contribution in [0.15, 0.2) is 0 Å². The Balaban J connectivity index is 3.59. The molecule has 13 heavy (non-hydrogen) atoms. The van der Waals surface area contributed by atoms with Crippen molar-refractivity contribution >= 4 is 0 Å². The molecule has 0 fully saturated rings. The van der Waals surface area contributed by atoms with Crippen LogP contribution in [0.1, 0.15) is 59.8 Å². The van der Waals surface area contributed by atoms with E-state index in [0.29, 0.717) is 11.5 Å². The van der Waals surface area contributed by atoms with Crippen molar-refractivity contribution in [3.8, 4) is 0 Å². The maximum absolute atomic E-state index is 5.49. The Kier molecular flexibility index (Phi) is 6.35. The molecule has 0 aromatic heterocycles. The van der Waals surface area contributed by atoms with Gasteiger partial charge in [0.2, 0.25) is 0 Å². The summed E-state index contributed by atoms with van der Waals surface area (Å²) in [5.74, 6) is 5.49. The van der Waals surface area contributed by atoms with Gasteiger partial charge in [-0.25, -0.2) is 0 Å². The van der Waals surface area contributed by atoms with Gasteiger partial charge in [-0.15, -0.1) is 0 Å². The van der Waals surface area contributed by atoms with E-state index >= 15 is 0 Å². The molecule has 0 bridgehead atoms. The maximum Gasteiger partial charge on any atom is 0.0210 e. The van der Waals surface area contributed by atoms with Crippen molar-refractivity contribution in [2.24, 2.45) is 11.3 Å². The Morgan fingerprint density at radius 3 is 2.23 bits per heavy atom. The molecule has 0 aliphatic carbocycles. The first-order valence-corrected chi connectivity index (χ1v) is 5.45. The molecular formula is C11H26N2. The van der Waals surface area contributed by atoms with Crippen LogP contribution < -0.4 is 11.3 Å². The highest BCUT2D eigenvalue weighted by atomic mass is 15.2. The highest BCUT2D eigenvalue weighted by molar-refractivity contribution is 4.69. The number of unbranched alkanes of at least 4 members (excludes halogenated alkanes) is 1. The summed E-state index contributed by atoms with van der Waals surface area (Å²) in [4.78, 5) is 0. The van der Waals surface area contributed by atoms with Gasteiger partial charge in [0.1, 0.15) is 0 Å². The molecule has 1 atom stereocenters. The van der Waals surface area contributed by atoms with Gasteiger partial charge in [0.25, 0.3) is 0 Å². The second kappa shape index (κ2) is 6.39. The van der Waals surface area contributed by atoms with Crippen LogP contribution >= 0.6 is 0 Å². The van der Waals surface area contributed by atoms with Gasteiger partial charge < -0.3 is 0 Å². The number of nitrogens with two attached hydrogens (primary N) is 1. The van der Waals surface area contributed by atoms with Gasteiger partial charge in [0.05, 0.1) is 0 Å². The third kappa shape index (κ3) is 8.26. The smallest absolute Gasteiger partial charge is 0.0210 e. The molecule has 1 unspecified atom stereocenters. The lowest BCUT2D eigenvalue weighted by atomic mass is 9.88. The fraction of sp³-hybridized carbons (Fsp3) is 1.00. The zero-order valence-electron chi connectivity index (χ0n) is 9.69. The molecule has 0 heterocycles. The van der Waals surface area contributed by atoms with Crippen LogP contribution in [-0.4, -0.2) is 6.04 Å². The minimum Gasteiger partial charge on any atom is -0.271 e. The van der Waals surface area contributed by atoms with E-state index in [2.05, 4.69) is 33.1 Å². The van der Waals surface area contributed by atoms with Gasteiger partial charge in [-0.05, 0) is 24.7 Å². The molecule has 0 aliphatic rings. The molecule has 0 amide bonds. The molecule has 0 saturated carbocycles. The summed E-state index contributed by atoms with van der Waals surface area (Å²) in [6, 6.07) is 0.513. The number of hydrogen-bond donors (Lipinski definition) is 2. The molecule has 0 aliphatic heterocycles. The van der Waals surface area contributed by atoms with Gasteiger partial charge in [-0.3, -0.25) is 11.3 Å². The fourth-order valence-electron chi connectivity index (χ4n) is 1.37. The number of hydrazine groups is 1. The van der Waals surface area contributed by atoms with E-state index in [4.69, 9.17) is 5.84 Å². The van der Waals surface area contributed by atoms with E-state index in [9.17, 15) is 0 Å². The zero-order valence-corrected chi connectivity index (χ0v) is 9.69. The first-order valence-electron chi connectivity index (χ1n) is 5.45. The molecule has 2 heteroatoms. The first kappa shape index (κ1) is 12.9. The molecule has 0 radical (unpaired) electrons. The summed E-state index contributed by atoms with van der Waals surface area (Å²) >= 11 is 0. The van der Waals surface area contributed by atoms with E-state index in [1.807, 2.05) is 0 Å². The van der Waals surface area contributed by atoms with Crippen LogP contribution in [0.25, 0.3) is 0 Å². The van der Waals surface area contributed by atoms with Crippen molar-refractivity contribution in [3.05, 3.63) is 0 Å². The summed E-state index contributed by atoms with van der Waals surface area (Å²) in [7, 11) is 0.